The fourth-order valence-corrected chi connectivity index (χ4v) is 7.87. The summed E-state index contributed by atoms with van der Waals surface area (Å²) in [5.41, 5.74) is -2.52. The monoisotopic (exact) mass is 720 g/mol. The number of carbonyl (C=O) groups excluding carboxylic acids is 8. The van der Waals surface area contributed by atoms with E-state index in [2.05, 4.69) is 0 Å². The Morgan fingerprint density at radius 3 is 1.22 bits per heavy atom. The summed E-state index contributed by atoms with van der Waals surface area (Å²) in [7, 11) is -4.47. The molecule has 2 fully saturated rings. The van der Waals surface area contributed by atoms with Crippen LogP contribution >= 0.6 is 0 Å². The molecule has 15 heteroatoms. The number of fused-ring (bicyclic) bond motifs is 2. The predicted octanol–water partition coefficient (Wildman–Crippen LogP) is 3.67. The van der Waals surface area contributed by atoms with Gasteiger partial charge >= 0.3 is 12.2 Å². The highest BCUT2D eigenvalue weighted by atomic mass is 32.2. The molecule has 0 aromatic heterocycles. The van der Waals surface area contributed by atoms with Crippen LogP contribution in [0.3, 0.4) is 0 Å². The SMILES string of the molecule is CC(C)(C)OC(=O)N1CC[C@H]1C(=O)C1C(=O)c2ccc(S(=O)(=O)c3ccc4c(c3)C(=O)C(C(=O)[C@@H]3CCN3C(=O)OC(C)(C)C)C4=O)cc2C1=O. The predicted molar refractivity (Wildman–Crippen MR) is 175 cm³/mol. The van der Waals surface area contributed by atoms with Gasteiger partial charge in [-0.1, -0.05) is 0 Å². The lowest BCUT2D eigenvalue weighted by molar-refractivity contribution is -0.130. The van der Waals surface area contributed by atoms with E-state index in [-0.39, 0.29) is 48.2 Å². The van der Waals surface area contributed by atoms with Crippen LogP contribution in [-0.2, 0) is 28.9 Å². The first-order valence-electron chi connectivity index (χ1n) is 16.4. The van der Waals surface area contributed by atoms with Crippen molar-refractivity contribution in [2.24, 2.45) is 11.8 Å². The number of nitrogens with zero attached hydrogens (tertiary/aromatic N) is 2. The lowest BCUT2D eigenvalue weighted by atomic mass is 9.87. The molecular weight excluding hydrogens is 684 g/mol. The molecule has 2 saturated heterocycles. The van der Waals surface area contributed by atoms with Gasteiger partial charge in [0, 0.05) is 35.3 Å². The molecule has 268 valence electrons. The number of likely N-dealkylation sites (tertiary alicyclic amines) is 2. The zero-order valence-electron chi connectivity index (χ0n) is 28.8. The van der Waals surface area contributed by atoms with E-state index in [1.165, 1.54) is 0 Å². The van der Waals surface area contributed by atoms with Gasteiger partial charge in [-0.05, 0) is 90.8 Å². The Labute approximate surface area is 293 Å². The van der Waals surface area contributed by atoms with Crippen LogP contribution in [0.5, 0.6) is 0 Å². The van der Waals surface area contributed by atoms with Crippen molar-refractivity contribution in [2.45, 2.75) is 87.5 Å². The molecule has 0 radical (unpaired) electrons. The highest BCUT2D eigenvalue weighted by Crippen LogP contribution is 2.37. The zero-order valence-corrected chi connectivity index (χ0v) is 29.6. The van der Waals surface area contributed by atoms with E-state index >= 15 is 0 Å². The largest absolute Gasteiger partial charge is 0.444 e. The molecule has 0 spiro atoms. The average molecular weight is 721 g/mol. The molecule has 4 atom stereocenters. The molecule has 2 unspecified atom stereocenters. The van der Waals surface area contributed by atoms with Crippen molar-refractivity contribution < 1.29 is 56.2 Å². The number of hydrogen-bond acceptors (Lipinski definition) is 12. The van der Waals surface area contributed by atoms with Gasteiger partial charge < -0.3 is 9.47 Å². The number of ether oxygens (including phenoxy) is 2. The van der Waals surface area contributed by atoms with Crippen molar-refractivity contribution in [3.05, 3.63) is 58.7 Å². The van der Waals surface area contributed by atoms with Crippen LogP contribution in [0.25, 0.3) is 0 Å². The first-order chi connectivity index (χ1) is 23.6. The molecule has 2 aliphatic heterocycles. The van der Waals surface area contributed by atoms with E-state index in [4.69, 9.17) is 9.47 Å². The molecule has 2 amide bonds. The maximum absolute atomic E-state index is 13.8. The first-order valence-corrected chi connectivity index (χ1v) is 17.9. The first kappa shape index (κ1) is 35.8. The maximum atomic E-state index is 13.8. The molecule has 0 saturated carbocycles. The van der Waals surface area contributed by atoms with E-state index < -0.39 is 102 Å². The zero-order chi connectivity index (χ0) is 37.5. The molecule has 2 heterocycles. The van der Waals surface area contributed by atoms with Gasteiger partial charge in [-0.25, -0.2) is 18.0 Å². The maximum Gasteiger partial charge on any atom is 0.410 e. The second-order valence-electron chi connectivity index (χ2n) is 15.0. The van der Waals surface area contributed by atoms with Crippen LogP contribution in [0.1, 0.15) is 95.8 Å². The Balaban J connectivity index is 1.21. The minimum absolute atomic E-state index is 0.145. The summed E-state index contributed by atoms with van der Waals surface area (Å²) >= 11 is 0. The summed E-state index contributed by atoms with van der Waals surface area (Å²) < 4.78 is 38.2. The summed E-state index contributed by atoms with van der Waals surface area (Å²) in [6.45, 7) is 10.3. The fourth-order valence-electron chi connectivity index (χ4n) is 6.56. The van der Waals surface area contributed by atoms with Crippen LogP contribution < -0.4 is 0 Å². The molecular formula is C36H36N2O12S. The number of ketones is 6. The Hall–Kier alpha value is -5.05. The summed E-state index contributed by atoms with van der Waals surface area (Å²) in [5.74, 6) is -8.51. The Morgan fingerprint density at radius 1 is 0.588 bits per heavy atom. The number of hydrogen-bond donors (Lipinski definition) is 0. The molecule has 2 aliphatic carbocycles. The van der Waals surface area contributed by atoms with Gasteiger partial charge in [0.15, 0.2) is 34.7 Å². The third-order valence-corrected chi connectivity index (χ3v) is 11.0. The third kappa shape index (κ3) is 6.06. The fraction of sp³-hybridized carbons (Fsp3) is 0.444. The second kappa shape index (κ2) is 12.0. The Morgan fingerprint density at radius 2 is 0.922 bits per heavy atom. The van der Waals surface area contributed by atoms with Gasteiger partial charge in [0.05, 0.1) is 21.9 Å². The van der Waals surface area contributed by atoms with Crippen LogP contribution in [0.4, 0.5) is 9.59 Å². The van der Waals surface area contributed by atoms with Crippen LogP contribution in [0.15, 0.2) is 46.2 Å². The smallest absolute Gasteiger partial charge is 0.410 e. The third-order valence-electron chi connectivity index (χ3n) is 9.23. The Kier molecular flexibility index (Phi) is 8.44. The van der Waals surface area contributed by atoms with Gasteiger partial charge in [-0.15, -0.1) is 0 Å². The van der Waals surface area contributed by atoms with Crippen molar-refractivity contribution in [1.29, 1.82) is 0 Å². The van der Waals surface area contributed by atoms with E-state index in [0.717, 1.165) is 46.2 Å². The number of rotatable bonds is 6. The molecule has 14 nitrogen and oxygen atoms in total. The minimum Gasteiger partial charge on any atom is -0.444 e. The normalized spacial score (nSPS) is 22.9. The Bertz CT molecular complexity index is 1950. The lowest BCUT2D eigenvalue weighted by Crippen LogP contribution is -2.58. The molecule has 4 aliphatic rings. The van der Waals surface area contributed by atoms with E-state index in [1.54, 1.807) is 41.5 Å². The van der Waals surface area contributed by atoms with Gasteiger partial charge in [0.2, 0.25) is 9.84 Å². The standard InChI is InChI=1S/C36H36N2O12S/c1-35(2,3)49-33(45)37-13-11-23(37)31(43)25-27(39)19-9-7-17(15-21(19)29(25)41)51(47,48)18-8-10-20-22(16-18)30(42)26(28(20)40)32(44)24-12-14-38(24)34(46)50-36(4,5)6/h7-10,15-16,23-26H,11-14H2,1-6H3/t23-,24-,25?,26?/m0/s1. The minimum atomic E-state index is -4.47. The number of benzene rings is 2. The summed E-state index contributed by atoms with van der Waals surface area (Å²) in [6, 6.07) is 4.32. The van der Waals surface area contributed by atoms with Crippen LogP contribution in [0, 0.1) is 11.8 Å². The van der Waals surface area contributed by atoms with E-state index in [1.807, 2.05) is 0 Å². The van der Waals surface area contributed by atoms with Crippen molar-refractivity contribution in [1.82, 2.24) is 9.80 Å². The molecule has 51 heavy (non-hydrogen) atoms. The highest BCUT2D eigenvalue weighted by molar-refractivity contribution is 7.91. The second-order valence-corrected chi connectivity index (χ2v) is 17.0. The van der Waals surface area contributed by atoms with Crippen LogP contribution in [-0.4, -0.2) is 101 Å². The topological polar surface area (TPSA) is 196 Å². The van der Waals surface area contributed by atoms with Gasteiger partial charge in [0.1, 0.15) is 23.0 Å². The van der Waals surface area contributed by atoms with Crippen LogP contribution in [0.2, 0.25) is 0 Å². The summed E-state index contributed by atoms with van der Waals surface area (Å²) in [6.07, 6.45) is -1.07. The highest BCUT2D eigenvalue weighted by Gasteiger charge is 2.52. The molecule has 2 aromatic carbocycles. The van der Waals surface area contributed by atoms with E-state index in [0.29, 0.717) is 0 Å². The lowest BCUT2D eigenvalue weighted by Gasteiger charge is -2.40. The van der Waals surface area contributed by atoms with E-state index in [9.17, 15) is 46.8 Å². The van der Waals surface area contributed by atoms with Gasteiger partial charge in [-0.2, -0.15) is 0 Å². The van der Waals surface area contributed by atoms with Crippen molar-refractivity contribution in [2.75, 3.05) is 13.1 Å². The van der Waals surface area contributed by atoms with Crippen molar-refractivity contribution in [3.8, 4) is 0 Å². The van der Waals surface area contributed by atoms with Crippen molar-refractivity contribution in [3.63, 3.8) is 0 Å². The number of carbonyl (C=O) groups is 8. The summed E-state index contributed by atoms with van der Waals surface area (Å²) in [4.78, 5) is 107. The molecule has 2 aromatic rings. The average Bonchev–Trinajstić information content (AvgIpc) is 3.37. The van der Waals surface area contributed by atoms with Gasteiger partial charge in [-0.3, -0.25) is 38.6 Å². The molecule has 6 rings (SSSR count). The number of amides is 2. The summed E-state index contributed by atoms with van der Waals surface area (Å²) in [5, 5.41) is 0. The number of Topliss-reactive ketones (excluding diaryl/α,β-unsaturated/α-hetero) is 6. The quantitative estimate of drug-likeness (QED) is 0.394. The molecule has 0 bridgehead atoms. The van der Waals surface area contributed by atoms with Gasteiger partial charge in [0.25, 0.3) is 0 Å². The number of sulfone groups is 1. The van der Waals surface area contributed by atoms with Crippen molar-refractivity contribution >= 4 is 56.7 Å². The molecule has 0 N–H and O–H groups in total.